The highest BCUT2D eigenvalue weighted by atomic mass is 16.2. The van der Waals surface area contributed by atoms with Gasteiger partial charge in [0.15, 0.2) is 0 Å². The lowest BCUT2D eigenvalue weighted by atomic mass is 10.1. The summed E-state index contributed by atoms with van der Waals surface area (Å²) in [7, 11) is 0. The molecule has 2 rings (SSSR count). The third-order valence-corrected chi connectivity index (χ3v) is 3.28. The van der Waals surface area contributed by atoms with Gasteiger partial charge in [0, 0.05) is 12.6 Å². The van der Waals surface area contributed by atoms with Crippen LogP contribution in [-0.4, -0.2) is 24.5 Å². The zero-order valence-corrected chi connectivity index (χ0v) is 10.5. The van der Waals surface area contributed by atoms with Crippen molar-refractivity contribution in [3.05, 3.63) is 35.4 Å². The molecule has 1 aliphatic carbocycles. The van der Waals surface area contributed by atoms with Crippen LogP contribution in [0.2, 0.25) is 0 Å². The Kier molecular flexibility index (Phi) is 3.79. The fourth-order valence-electron chi connectivity index (χ4n) is 2.43. The monoisotopic (exact) mass is 232 g/mol. The quantitative estimate of drug-likeness (QED) is 0.821. The predicted molar refractivity (Wildman–Crippen MR) is 68.9 cm³/mol. The van der Waals surface area contributed by atoms with Gasteiger partial charge in [-0.25, -0.2) is 0 Å². The minimum Gasteiger partial charge on any atom is -0.355 e. The van der Waals surface area contributed by atoms with Crippen molar-refractivity contribution < 1.29 is 4.79 Å². The van der Waals surface area contributed by atoms with E-state index >= 15 is 0 Å². The molecule has 1 aliphatic rings. The maximum atomic E-state index is 11.6. The van der Waals surface area contributed by atoms with E-state index in [-0.39, 0.29) is 11.9 Å². The molecule has 0 spiro atoms. The average Bonchev–Trinajstić information content (AvgIpc) is 2.71. The van der Waals surface area contributed by atoms with Crippen LogP contribution in [0, 0.1) is 0 Å². The van der Waals surface area contributed by atoms with Gasteiger partial charge in [-0.05, 0) is 37.8 Å². The van der Waals surface area contributed by atoms with Gasteiger partial charge in [0.2, 0.25) is 5.91 Å². The molecule has 0 saturated carbocycles. The Morgan fingerprint density at radius 2 is 1.94 bits per heavy atom. The van der Waals surface area contributed by atoms with Gasteiger partial charge in [-0.15, -0.1) is 0 Å². The van der Waals surface area contributed by atoms with E-state index in [1.807, 2.05) is 13.8 Å². The molecule has 1 unspecified atom stereocenters. The van der Waals surface area contributed by atoms with E-state index in [1.54, 1.807) is 0 Å². The first-order valence-corrected chi connectivity index (χ1v) is 6.31. The molecule has 0 bridgehead atoms. The molecule has 3 nitrogen and oxygen atoms in total. The highest BCUT2D eigenvalue weighted by Crippen LogP contribution is 2.21. The third kappa shape index (κ3) is 2.86. The molecule has 3 heteroatoms. The second-order valence-corrected chi connectivity index (χ2v) is 4.66. The summed E-state index contributed by atoms with van der Waals surface area (Å²) in [5.41, 5.74) is 2.82. The minimum absolute atomic E-state index is 0.0865. The number of nitrogens with one attached hydrogen (secondary N) is 2. The van der Waals surface area contributed by atoms with Crippen molar-refractivity contribution in [2.24, 2.45) is 0 Å². The summed E-state index contributed by atoms with van der Waals surface area (Å²) in [4.78, 5) is 11.6. The van der Waals surface area contributed by atoms with Crippen LogP contribution in [0.25, 0.3) is 0 Å². The molecule has 0 saturated heterocycles. The number of likely N-dealkylation sites (N-methyl/N-ethyl adjacent to an activating group) is 1. The number of amides is 1. The maximum absolute atomic E-state index is 11.6. The molecule has 0 fully saturated rings. The van der Waals surface area contributed by atoms with E-state index in [1.165, 1.54) is 11.1 Å². The number of hydrogen-bond acceptors (Lipinski definition) is 2. The Bertz CT molecular complexity index is 378. The van der Waals surface area contributed by atoms with Crippen molar-refractivity contribution in [3.63, 3.8) is 0 Å². The summed E-state index contributed by atoms with van der Waals surface area (Å²) < 4.78 is 0. The van der Waals surface area contributed by atoms with E-state index in [0.29, 0.717) is 12.6 Å². The van der Waals surface area contributed by atoms with Gasteiger partial charge in [-0.3, -0.25) is 4.79 Å². The van der Waals surface area contributed by atoms with Crippen LogP contribution in [0.4, 0.5) is 0 Å². The number of hydrogen-bond donors (Lipinski definition) is 2. The third-order valence-electron chi connectivity index (χ3n) is 3.28. The van der Waals surface area contributed by atoms with Gasteiger partial charge < -0.3 is 10.6 Å². The van der Waals surface area contributed by atoms with Crippen LogP contribution in [0.1, 0.15) is 25.0 Å². The van der Waals surface area contributed by atoms with Crippen molar-refractivity contribution in [1.29, 1.82) is 0 Å². The maximum Gasteiger partial charge on any atom is 0.236 e. The molecule has 2 N–H and O–H groups in total. The first kappa shape index (κ1) is 12.1. The van der Waals surface area contributed by atoms with Crippen molar-refractivity contribution in [1.82, 2.24) is 10.6 Å². The highest BCUT2D eigenvalue weighted by Gasteiger charge is 2.23. The molecule has 17 heavy (non-hydrogen) atoms. The van der Waals surface area contributed by atoms with Gasteiger partial charge in [0.25, 0.3) is 0 Å². The first-order valence-electron chi connectivity index (χ1n) is 6.31. The molecule has 92 valence electrons. The van der Waals surface area contributed by atoms with Gasteiger partial charge >= 0.3 is 0 Å². The average molecular weight is 232 g/mol. The second kappa shape index (κ2) is 5.32. The van der Waals surface area contributed by atoms with Crippen LogP contribution >= 0.6 is 0 Å². The molecule has 1 aromatic rings. The highest BCUT2D eigenvalue weighted by molar-refractivity contribution is 5.81. The number of fused-ring (bicyclic) bond motifs is 1. The fourth-order valence-corrected chi connectivity index (χ4v) is 2.43. The zero-order valence-electron chi connectivity index (χ0n) is 10.5. The second-order valence-electron chi connectivity index (χ2n) is 4.66. The Morgan fingerprint density at radius 1 is 1.35 bits per heavy atom. The Balaban J connectivity index is 1.89. The zero-order chi connectivity index (χ0) is 12.3. The molecule has 0 aromatic heterocycles. The van der Waals surface area contributed by atoms with E-state index in [9.17, 15) is 4.79 Å². The molecular weight excluding hydrogens is 212 g/mol. The fraction of sp³-hybridized carbons (Fsp3) is 0.500. The van der Waals surface area contributed by atoms with Crippen LogP contribution < -0.4 is 10.6 Å². The molecule has 1 atom stereocenters. The molecular formula is C14H20N2O. The van der Waals surface area contributed by atoms with Gasteiger partial charge in [-0.2, -0.15) is 0 Å². The van der Waals surface area contributed by atoms with Crippen LogP contribution in [0.5, 0.6) is 0 Å². The Hall–Kier alpha value is -1.35. The summed E-state index contributed by atoms with van der Waals surface area (Å²) in [6.07, 6.45) is 2.06. The molecule has 0 heterocycles. The van der Waals surface area contributed by atoms with E-state index in [0.717, 1.165) is 12.8 Å². The number of benzene rings is 1. The van der Waals surface area contributed by atoms with E-state index < -0.39 is 0 Å². The predicted octanol–water partition coefficient (Wildman–Crippen LogP) is 1.27. The lowest BCUT2D eigenvalue weighted by Crippen LogP contribution is -2.46. The molecule has 0 aliphatic heterocycles. The van der Waals surface area contributed by atoms with Gasteiger partial charge in [-0.1, -0.05) is 24.3 Å². The lowest BCUT2D eigenvalue weighted by Gasteiger charge is -2.18. The summed E-state index contributed by atoms with van der Waals surface area (Å²) >= 11 is 0. The summed E-state index contributed by atoms with van der Waals surface area (Å²) in [6.45, 7) is 4.56. The number of carbonyl (C=O) groups is 1. The Morgan fingerprint density at radius 3 is 2.47 bits per heavy atom. The van der Waals surface area contributed by atoms with E-state index in [2.05, 4.69) is 34.9 Å². The molecule has 0 radical (unpaired) electrons. The summed E-state index contributed by atoms with van der Waals surface area (Å²) in [5, 5.41) is 6.24. The smallest absolute Gasteiger partial charge is 0.236 e. The summed E-state index contributed by atoms with van der Waals surface area (Å²) in [5.74, 6) is 0.0865. The van der Waals surface area contributed by atoms with Crippen LogP contribution in [-0.2, 0) is 17.6 Å². The van der Waals surface area contributed by atoms with Gasteiger partial charge in [0.1, 0.15) is 0 Å². The molecule has 1 aromatic carbocycles. The van der Waals surface area contributed by atoms with Crippen molar-refractivity contribution in [2.75, 3.05) is 6.54 Å². The van der Waals surface area contributed by atoms with E-state index in [4.69, 9.17) is 0 Å². The van der Waals surface area contributed by atoms with Crippen molar-refractivity contribution in [2.45, 2.75) is 38.8 Å². The first-order chi connectivity index (χ1) is 8.20. The number of carbonyl (C=O) groups excluding carboxylic acids is 1. The Labute approximate surface area is 103 Å². The van der Waals surface area contributed by atoms with Crippen molar-refractivity contribution in [3.8, 4) is 0 Å². The summed E-state index contributed by atoms with van der Waals surface area (Å²) in [6, 6.07) is 8.78. The standard InChI is InChI=1S/C14H20N2O/c1-3-15-14(17)10(2)16-13-8-11-6-4-5-7-12(11)9-13/h4-7,10,13,16H,3,8-9H2,1-2H3,(H,15,17). The topological polar surface area (TPSA) is 41.1 Å². The normalized spacial score (nSPS) is 16.6. The lowest BCUT2D eigenvalue weighted by molar-refractivity contribution is -0.122. The number of rotatable bonds is 4. The van der Waals surface area contributed by atoms with Crippen molar-refractivity contribution >= 4 is 5.91 Å². The molecule has 1 amide bonds. The van der Waals surface area contributed by atoms with Crippen LogP contribution in [0.15, 0.2) is 24.3 Å². The largest absolute Gasteiger partial charge is 0.355 e. The minimum atomic E-state index is -0.116. The van der Waals surface area contributed by atoms with Gasteiger partial charge in [0.05, 0.1) is 6.04 Å². The van der Waals surface area contributed by atoms with Crippen LogP contribution in [0.3, 0.4) is 0 Å². The SMILES string of the molecule is CCNC(=O)C(C)NC1Cc2ccccc2C1.